The molecule has 0 radical (unpaired) electrons. The highest BCUT2D eigenvalue weighted by Gasteiger charge is 2.26. The Bertz CT molecular complexity index is 600. The average molecular weight is 322 g/mol. The number of aryl methyl sites for hydroxylation is 1. The molecule has 0 aromatic heterocycles. The van der Waals surface area contributed by atoms with Crippen molar-refractivity contribution >= 4 is 34.0 Å². The number of halogens is 1. The highest BCUT2D eigenvalue weighted by molar-refractivity contribution is 7.89. The van der Waals surface area contributed by atoms with Crippen molar-refractivity contribution in [3.63, 3.8) is 0 Å². The molecule has 0 spiro atoms. The number of benzene rings is 1. The third-order valence-electron chi connectivity index (χ3n) is 2.88. The van der Waals surface area contributed by atoms with Gasteiger partial charge in [-0.1, -0.05) is 6.07 Å². The van der Waals surface area contributed by atoms with Crippen LogP contribution < -0.4 is 16.2 Å². The van der Waals surface area contributed by atoms with Crippen LogP contribution in [0.15, 0.2) is 23.1 Å². The van der Waals surface area contributed by atoms with Crippen LogP contribution in [0.25, 0.3) is 0 Å². The maximum absolute atomic E-state index is 11.9. The van der Waals surface area contributed by atoms with Crippen LogP contribution in [-0.4, -0.2) is 20.9 Å². The van der Waals surface area contributed by atoms with E-state index in [0.29, 0.717) is 11.3 Å². The van der Waals surface area contributed by atoms with Crippen LogP contribution in [0.4, 0.5) is 5.69 Å². The number of primary sulfonamides is 1. The maximum atomic E-state index is 11.9. The van der Waals surface area contributed by atoms with Crippen LogP contribution in [-0.2, 0) is 14.8 Å². The van der Waals surface area contributed by atoms with Crippen molar-refractivity contribution in [3.05, 3.63) is 23.8 Å². The molecule has 1 aromatic carbocycles. The van der Waals surface area contributed by atoms with Gasteiger partial charge in [-0.2, -0.15) is 0 Å². The molecule has 6 nitrogen and oxygen atoms in total. The third kappa shape index (κ3) is 4.45. The zero-order valence-electron chi connectivity index (χ0n) is 11.6. The normalized spacial score (nSPS) is 11.7. The zero-order valence-corrected chi connectivity index (χ0v) is 13.3. The lowest BCUT2D eigenvalue weighted by molar-refractivity contribution is -0.123. The van der Waals surface area contributed by atoms with Crippen LogP contribution in [0.1, 0.15) is 19.4 Å². The molecule has 1 aromatic rings. The number of rotatable bonds is 4. The van der Waals surface area contributed by atoms with Gasteiger partial charge in [-0.25, -0.2) is 13.6 Å². The molecule has 0 aliphatic rings. The van der Waals surface area contributed by atoms with Crippen LogP contribution in [0, 0.1) is 12.3 Å². The summed E-state index contributed by atoms with van der Waals surface area (Å²) in [4.78, 5) is 11.9. The van der Waals surface area contributed by atoms with Crippen molar-refractivity contribution in [1.82, 2.24) is 0 Å². The first kappa shape index (κ1) is 18.9. The summed E-state index contributed by atoms with van der Waals surface area (Å²) in [5, 5.41) is 7.74. The summed E-state index contributed by atoms with van der Waals surface area (Å²) in [7, 11) is -3.81. The van der Waals surface area contributed by atoms with Crippen LogP contribution in [0.3, 0.4) is 0 Å². The number of carbonyl (C=O) groups is 1. The molecule has 1 amide bonds. The molecule has 0 unspecified atom stereocenters. The summed E-state index contributed by atoms with van der Waals surface area (Å²) in [6.07, 6.45) is 0. The first-order valence-electron chi connectivity index (χ1n) is 5.73. The number of nitrogens with two attached hydrogens (primary N) is 2. The van der Waals surface area contributed by atoms with Crippen LogP contribution in [0.5, 0.6) is 0 Å². The highest BCUT2D eigenvalue weighted by atomic mass is 35.5. The number of carbonyl (C=O) groups excluding carboxylic acids is 1. The van der Waals surface area contributed by atoms with Gasteiger partial charge < -0.3 is 11.1 Å². The van der Waals surface area contributed by atoms with Gasteiger partial charge in [-0.05, 0) is 38.5 Å². The van der Waals surface area contributed by atoms with Gasteiger partial charge in [0.15, 0.2) is 0 Å². The minimum absolute atomic E-state index is 0. The molecule has 0 atom stereocenters. The van der Waals surface area contributed by atoms with E-state index >= 15 is 0 Å². The minimum Gasteiger partial charge on any atom is -0.329 e. The Balaban J connectivity index is 0.00000361. The third-order valence-corrected chi connectivity index (χ3v) is 3.93. The first-order valence-corrected chi connectivity index (χ1v) is 7.27. The fourth-order valence-electron chi connectivity index (χ4n) is 1.38. The summed E-state index contributed by atoms with van der Waals surface area (Å²) >= 11 is 0. The van der Waals surface area contributed by atoms with Crippen LogP contribution >= 0.6 is 12.4 Å². The number of amides is 1. The molecular weight excluding hydrogens is 302 g/mol. The summed E-state index contributed by atoms with van der Waals surface area (Å²) in [6.45, 7) is 5.23. The smallest absolute Gasteiger partial charge is 0.238 e. The van der Waals surface area contributed by atoms with Gasteiger partial charge in [0, 0.05) is 12.2 Å². The van der Waals surface area contributed by atoms with E-state index in [-0.39, 0.29) is 29.8 Å². The van der Waals surface area contributed by atoms with Gasteiger partial charge in [0.05, 0.1) is 10.3 Å². The Morgan fingerprint density at radius 1 is 1.35 bits per heavy atom. The SMILES string of the molecule is Cc1ccc(NC(=O)C(C)(C)CN)cc1S(N)(=O)=O.Cl. The largest absolute Gasteiger partial charge is 0.329 e. The van der Waals surface area contributed by atoms with Gasteiger partial charge in [0.1, 0.15) is 0 Å². The molecule has 20 heavy (non-hydrogen) atoms. The lowest BCUT2D eigenvalue weighted by atomic mass is 9.92. The van der Waals surface area contributed by atoms with E-state index < -0.39 is 15.4 Å². The number of nitrogens with one attached hydrogen (secondary N) is 1. The molecule has 0 aliphatic carbocycles. The number of hydrogen-bond acceptors (Lipinski definition) is 4. The second kappa shape index (κ2) is 6.53. The summed E-state index contributed by atoms with van der Waals surface area (Å²) < 4.78 is 22.8. The minimum atomic E-state index is -3.81. The monoisotopic (exact) mass is 321 g/mol. The Morgan fingerprint density at radius 3 is 2.35 bits per heavy atom. The van der Waals surface area contributed by atoms with Crippen molar-refractivity contribution < 1.29 is 13.2 Å². The van der Waals surface area contributed by atoms with E-state index in [1.165, 1.54) is 6.07 Å². The van der Waals surface area contributed by atoms with Gasteiger partial charge in [0.2, 0.25) is 15.9 Å². The second-order valence-corrected chi connectivity index (χ2v) is 6.60. The molecule has 0 saturated carbocycles. The topological polar surface area (TPSA) is 115 Å². The Hall–Kier alpha value is -1.15. The Morgan fingerprint density at radius 2 is 1.90 bits per heavy atom. The van der Waals surface area contributed by atoms with E-state index in [9.17, 15) is 13.2 Å². The Kier molecular flexibility index (Phi) is 6.16. The van der Waals surface area contributed by atoms with E-state index in [2.05, 4.69) is 5.32 Å². The molecular formula is C12H20ClN3O3S. The van der Waals surface area contributed by atoms with Crippen molar-refractivity contribution in [3.8, 4) is 0 Å². The molecule has 8 heteroatoms. The van der Waals surface area contributed by atoms with Crippen molar-refractivity contribution in [2.24, 2.45) is 16.3 Å². The molecule has 5 N–H and O–H groups in total. The molecule has 0 fully saturated rings. The second-order valence-electron chi connectivity index (χ2n) is 5.07. The highest BCUT2D eigenvalue weighted by Crippen LogP contribution is 2.21. The van der Waals surface area contributed by atoms with E-state index in [0.717, 1.165) is 0 Å². The summed E-state index contributed by atoms with van der Waals surface area (Å²) in [5.41, 5.74) is 5.68. The maximum Gasteiger partial charge on any atom is 0.238 e. The van der Waals surface area contributed by atoms with Gasteiger partial charge in [-0.3, -0.25) is 4.79 Å². The first-order chi connectivity index (χ1) is 8.58. The van der Waals surface area contributed by atoms with Crippen LogP contribution in [0.2, 0.25) is 0 Å². The zero-order chi connectivity index (χ0) is 14.8. The van der Waals surface area contributed by atoms with Crippen molar-refractivity contribution in [2.75, 3.05) is 11.9 Å². The van der Waals surface area contributed by atoms with E-state index in [1.807, 2.05) is 0 Å². The standard InChI is InChI=1S/C12H19N3O3S.ClH/c1-8-4-5-9(6-10(8)19(14,17)18)15-11(16)12(2,3)7-13;/h4-6H,7,13H2,1-3H3,(H,15,16)(H2,14,17,18);1H. The van der Waals surface area contributed by atoms with Gasteiger partial charge >= 0.3 is 0 Å². The molecule has 0 saturated heterocycles. The van der Waals surface area contributed by atoms with E-state index in [1.54, 1.807) is 32.9 Å². The lowest BCUT2D eigenvalue weighted by Gasteiger charge is -2.21. The summed E-state index contributed by atoms with van der Waals surface area (Å²) in [6, 6.07) is 4.55. The summed E-state index contributed by atoms with van der Waals surface area (Å²) in [5.74, 6) is -0.278. The lowest BCUT2D eigenvalue weighted by Crippen LogP contribution is -2.37. The fraction of sp³-hybridized carbons (Fsp3) is 0.417. The van der Waals surface area contributed by atoms with Gasteiger partial charge in [0.25, 0.3) is 0 Å². The number of sulfonamides is 1. The molecule has 114 valence electrons. The predicted octanol–water partition coefficient (Wildman–Crippen LogP) is 0.988. The number of anilines is 1. The molecule has 0 heterocycles. The van der Waals surface area contributed by atoms with Crippen molar-refractivity contribution in [1.29, 1.82) is 0 Å². The fourth-order valence-corrected chi connectivity index (χ4v) is 2.19. The molecule has 0 aliphatic heterocycles. The van der Waals surface area contributed by atoms with E-state index in [4.69, 9.17) is 10.9 Å². The van der Waals surface area contributed by atoms with Crippen molar-refractivity contribution in [2.45, 2.75) is 25.7 Å². The molecule has 1 rings (SSSR count). The van der Waals surface area contributed by atoms with Gasteiger partial charge in [-0.15, -0.1) is 12.4 Å². The Labute approximate surface area is 125 Å². The average Bonchev–Trinajstić information content (AvgIpc) is 2.30. The quantitative estimate of drug-likeness (QED) is 0.766. The molecule has 0 bridgehead atoms. The predicted molar refractivity (Wildman–Crippen MR) is 81.3 cm³/mol. The number of hydrogen-bond donors (Lipinski definition) is 3.